The molecule has 27 heavy (non-hydrogen) atoms. The lowest BCUT2D eigenvalue weighted by Crippen LogP contribution is -2.42. The number of amides is 1. The minimum absolute atomic E-state index is 0.115. The van der Waals surface area contributed by atoms with Crippen molar-refractivity contribution >= 4 is 16.8 Å². The Morgan fingerprint density at radius 1 is 1.19 bits per heavy atom. The molecule has 0 saturated carbocycles. The van der Waals surface area contributed by atoms with Crippen molar-refractivity contribution in [2.24, 2.45) is 0 Å². The standard InChI is InChI=1S/C22H31N3O2/c1-15(2)24-11-9-19(14-24)27-18-7-8-20-17(12-18)13-21(23-20)22(26)25-10-5-4-6-16(25)3/h7-8,12-13,15-16,19,23H,4-6,9-11,14H2,1-3H3. The highest BCUT2D eigenvalue weighted by Crippen LogP contribution is 2.26. The van der Waals surface area contributed by atoms with Gasteiger partial charge in [0, 0.05) is 42.6 Å². The van der Waals surface area contributed by atoms with Gasteiger partial charge in [-0.05, 0) is 70.7 Å². The van der Waals surface area contributed by atoms with Crippen molar-refractivity contribution in [3.63, 3.8) is 0 Å². The van der Waals surface area contributed by atoms with Crippen LogP contribution in [-0.4, -0.2) is 58.5 Å². The van der Waals surface area contributed by atoms with E-state index in [0.717, 1.165) is 55.5 Å². The van der Waals surface area contributed by atoms with E-state index in [-0.39, 0.29) is 12.0 Å². The summed E-state index contributed by atoms with van der Waals surface area (Å²) in [6, 6.07) is 8.95. The Kier molecular flexibility index (Phi) is 5.13. The van der Waals surface area contributed by atoms with Crippen molar-refractivity contribution in [2.75, 3.05) is 19.6 Å². The predicted octanol–water partition coefficient (Wildman–Crippen LogP) is 4.04. The van der Waals surface area contributed by atoms with E-state index in [9.17, 15) is 4.79 Å². The number of fused-ring (bicyclic) bond motifs is 1. The summed E-state index contributed by atoms with van der Waals surface area (Å²) in [7, 11) is 0. The molecule has 0 bridgehead atoms. The molecule has 0 radical (unpaired) electrons. The third-order valence-electron chi connectivity index (χ3n) is 6.10. The Morgan fingerprint density at radius 2 is 2.04 bits per heavy atom. The number of benzene rings is 1. The maximum atomic E-state index is 12.9. The molecule has 1 amide bonds. The largest absolute Gasteiger partial charge is 0.489 e. The number of piperidine rings is 1. The monoisotopic (exact) mass is 369 g/mol. The molecular formula is C22H31N3O2. The minimum atomic E-state index is 0.115. The molecule has 1 aromatic carbocycles. The van der Waals surface area contributed by atoms with Crippen molar-refractivity contribution in [1.29, 1.82) is 0 Å². The van der Waals surface area contributed by atoms with Crippen LogP contribution in [0.3, 0.4) is 0 Å². The summed E-state index contributed by atoms with van der Waals surface area (Å²) < 4.78 is 6.22. The SMILES string of the molecule is CC(C)N1CCC(Oc2ccc3[nH]c(C(=O)N4CCCCC4C)cc3c2)C1. The van der Waals surface area contributed by atoms with Crippen molar-refractivity contribution in [3.05, 3.63) is 30.0 Å². The number of H-pyrrole nitrogens is 1. The van der Waals surface area contributed by atoms with Gasteiger partial charge in [0.1, 0.15) is 17.5 Å². The maximum absolute atomic E-state index is 12.9. The minimum Gasteiger partial charge on any atom is -0.489 e. The van der Waals surface area contributed by atoms with E-state index in [0.29, 0.717) is 17.8 Å². The molecule has 0 spiro atoms. The lowest BCUT2D eigenvalue weighted by atomic mass is 10.0. The van der Waals surface area contributed by atoms with Crippen LogP contribution in [-0.2, 0) is 0 Å². The first kappa shape index (κ1) is 18.4. The van der Waals surface area contributed by atoms with Crippen LogP contribution in [0.4, 0.5) is 0 Å². The van der Waals surface area contributed by atoms with E-state index >= 15 is 0 Å². The molecule has 1 N–H and O–H groups in total. The van der Waals surface area contributed by atoms with Crippen molar-refractivity contribution in [3.8, 4) is 5.75 Å². The molecule has 2 saturated heterocycles. The molecular weight excluding hydrogens is 338 g/mol. The van der Waals surface area contributed by atoms with E-state index in [2.05, 4.69) is 36.7 Å². The van der Waals surface area contributed by atoms with Gasteiger partial charge in [-0.25, -0.2) is 0 Å². The van der Waals surface area contributed by atoms with Gasteiger partial charge in [0.15, 0.2) is 0 Å². The highest BCUT2D eigenvalue weighted by molar-refractivity contribution is 5.98. The van der Waals surface area contributed by atoms with Crippen LogP contribution in [0.1, 0.15) is 56.9 Å². The summed E-state index contributed by atoms with van der Waals surface area (Å²) in [4.78, 5) is 20.7. The fourth-order valence-corrected chi connectivity index (χ4v) is 4.37. The van der Waals surface area contributed by atoms with Crippen LogP contribution in [0.5, 0.6) is 5.75 Å². The second-order valence-corrected chi connectivity index (χ2v) is 8.39. The van der Waals surface area contributed by atoms with E-state index < -0.39 is 0 Å². The van der Waals surface area contributed by atoms with Crippen LogP contribution < -0.4 is 4.74 Å². The zero-order valence-electron chi connectivity index (χ0n) is 16.7. The molecule has 2 atom stereocenters. The van der Waals surface area contributed by atoms with Gasteiger partial charge in [0.05, 0.1) is 0 Å². The molecule has 5 heteroatoms. The van der Waals surface area contributed by atoms with Gasteiger partial charge in [-0.3, -0.25) is 9.69 Å². The Labute approximate surface area is 161 Å². The zero-order valence-corrected chi connectivity index (χ0v) is 16.7. The average molecular weight is 370 g/mol. The molecule has 0 aliphatic carbocycles. The number of nitrogens with zero attached hydrogens (tertiary/aromatic N) is 2. The van der Waals surface area contributed by atoms with E-state index in [1.54, 1.807) is 0 Å². The quantitative estimate of drug-likeness (QED) is 0.885. The molecule has 146 valence electrons. The fraction of sp³-hybridized carbons (Fsp3) is 0.591. The third-order valence-corrected chi connectivity index (χ3v) is 6.10. The summed E-state index contributed by atoms with van der Waals surface area (Å²) >= 11 is 0. The molecule has 2 unspecified atom stereocenters. The Balaban J connectivity index is 1.48. The summed E-state index contributed by atoms with van der Waals surface area (Å²) in [6.07, 6.45) is 4.73. The number of rotatable bonds is 4. The molecule has 1 aromatic heterocycles. The first-order valence-electron chi connectivity index (χ1n) is 10.4. The third kappa shape index (κ3) is 3.84. The molecule has 3 heterocycles. The van der Waals surface area contributed by atoms with Crippen molar-refractivity contribution in [2.45, 2.75) is 64.6 Å². The van der Waals surface area contributed by atoms with Crippen LogP contribution in [0.2, 0.25) is 0 Å². The van der Waals surface area contributed by atoms with Crippen molar-refractivity contribution < 1.29 is 9.53 Å². The fourth-order valence-electron chi connectivity index (χ4n) is 4.37. The first-order chi connectivity index (χ1) is 13.0. The number of hydrogen-bond acceptors (Lipinski definition) is 3. The summed E-state index contributed by atoms with van der Waals surface area (Å²) in [5.74, 6) is 1.01. The molecule has 4 rings (SSSR count). The van der Waals surface area contributed by atoms with Gasteiger partial charge in [-0.1, -0.05) is 0 Å². The lowest BCUT2D eigenvalue weighted by Gasteiger charge is -2.33. The molecule has 2 aliphatic heterocycles. The normalized spacial score (nSPS) is 24.1. The Hall–Kier alpha value is -2.01. The lowest BCUT2D eigenvalue weighted by molar-refractivity contribution is 0.0630. The second kappa shape index (κ2) is 7.55. The second-order valence-electron chi connectivity index (χ2n) is 8.39. The van der Waals surface area contributed by atoms with Crippen LogP contribution in [0.25, 0.3) is 10.9 Å². The number of ether oxygens (including phenoxy) is 1. The van der Waals surface area contributed by atoms with Crippen LogP contribution in [0, 0.1) is 0 Å². The number of aromatic amines is 1. The van der Waals surface area contributed by atoms with Gasteiger partial charge in [0.2, 0.25) is 0 Å². The van der Waals surface area contributed by atoms with E-state index in [1.807, 2.05) is 23.1 Å². The van der Waals surface area contributed by atoms with Crippen LogP contribution >= 0.6 is 0 Å². The Morgan fingerprint density at radius 3 is 2.78 bits per heavy atom. The Bertz CT molecular complexity index is 813. The van der Waals surface area contributed by atoms with Gasteiger partial charge in [0.25, 0.3) is 5.91 Å². The number of aromatic nitrogens is 1. The number of carbonyl (C=O) groups excluding carboxylic acids is 1. The number of likely N-dealkylation sites (tertiary alicyclic amines) is 2. The molecule has 2 fully saturated rings. The van der Waals surface area contributed by atoms with Gasteiger partial charge in [-0.2, -0.15) is 0 Å². The maximum Gasteiger partial charge on any atom is 0.270 e. The number of nitrogens with one attached hydrogen (secondary N) is 1. The number of carbonyl (C=O) groups is 1. The molecule has 2 aliphatic rings. The first-order valence-corrected chi connectivity index (χ1v) is 10.4. The average Bonchev–Trinajstić information content (AvgIpc) is 3.28. The molecule has 2 aromatic rings. The molecule has 5 nitrogen and oxygen atoms in total. The zero-order chi connectivity index (χ0) is 19.0. The summed E-state index contributed by atoms with van der Waals surface area (Å²) in [5.41, 5.74) is 1.67. The van der Waals surface area contributed by atoms with Gasteiger partial charge >= 0.3 is 0 Å². The summed E-state index contributed by atoms with van der Waals surface area (Å²) in [6.45, 7) is 9.55. The van der Waals surface area contributed by atoms with E-state index in [4.69, 9.17) is 4.74 Å². The smallest absolute Gasteiger partial charge is 0.270 e. The highest BCUT2D eigenvalue weighted by Gasteiger charge is 2.27. The number of hydrogen-bond donors (Lipinski definition) is 1. The van der Waals surface area contributed by atoms with E-state index in [1.165, 1.54) is 6.42 Å². The van der Waals surface area contributed by atoms with Gasteiger partial charge in [-0.15, -0.1) is 0 Å². The van der Waals surface area contributed by atoms with Crippen LogP contribution in [0.15, 0.2) is 24.3 Å². The predicted molar refractivity (Wildman–Crippen MR) is 108 cm³/mol. The summed E-state index contributed by atoms with van der Waals surface area (Å²) in [5, 5.41) is 1.04. The van der Waals surface area contributed by atoms with Gasteiger partial charge < -0.3 is 14.6 Å². The topological polar surface area (TPSA) is 48.6 Å². The van der Waals surface area contributed by atoms with Crippen molar-refractivity contribution in [1.82, 2.24) is 14.8 Å². The highest BCUT2D eigenvalue weighted by atomic mass is 16.5.